The van der Waals surface area contributed by atoms with Crippen molar-refractivity contribution in [2.75, 3.05) is 6.54 Å². The van der Waals surface area contributed by atoms with Gasteiger partial charge in [-0.1, -0.05) is 65.2 Å². The van der Waals surface area contributed by atoms with Crippen LogP contribution in [0, 0.1) is 46.3 Å². The Hall–Kier alpha value is -0.900. The van der Waals surface area contributed by atoms with Gasteiger partial charge < -0.3 is 10.4 Å². The molecule has 2 N–H and O–H groups in total. The summed E-state index contributed by atoms with van der Waals surface area (Å²) < 4.78 is 0. The SMILES string of the molecule is C[C@]12CCC(=O)C[C@@H]1C[C@@H](CCCCCCCC(=O)NCC1CCCCC1)[C@@H]1[C@@H]2CC[C@]2(C)[C@@H](O)CC[C@@H]12. The van der Waals surface area contributed by atoms with Crippen LogP contribution in [-0.4, -0.2) is 29.4 Å². The van der Waals surface area contributed by atoms with Gasteiger partial charge in [0.2, 0.25) is 5.91 Å². The average Bonchev–Trinajstić information content (AvgIpc) is 3.22. The average molecular weight is 528 g/mol. The number of ketones is 1. The summed E-state index contributed by atoms with van der Waals surface area (Å²) in [6.45, 7) is 5.83. The molecule has 5 saturated carbocycles. The van der Waals surface area contributed by atoms with Crippen molar-refractivity contribution in [3.05, 3.63) is 0 Å². The van der Waals surface area contributed by atoms with Crippen molar-refractivity contribution >= 4 is 11.7 Å². The van der Waals surface area contributed by atoms with Gasteiger partial charge in [-0.15, -0.1) is 0 Å². The summed E-state index contributed by atoms with van der Waals surface area (Å²) in [5.41, 5.74) is 0.451. The Morgan fingerprint density at radius 2 is 1.63 bits per heavy atom. The molecule has 216 valence electrons. The Bertz CT molecular complexity index is 821. The van der Waals surface area contributed by atoms with Crippen molar-refractivity contribution in [3.8, 4) is 0 Å². The van der Waals surface area contributed by atoms with E-state index in [1.165, 1.54) is 83.5 Å². The molecule has 8 atom stereocenters. The Morgan fingerprint density at radius 1 is 0.895 bits per heavy atom. The summed E-state index contributed by atoms with van der Waals surface area (Å²) in [6, 6.07) is 0. The molecule has 5 fully saturated rings. The van der Waals surface area contributed by atoms with Gasteiger partial charge >= 0.3 is 0 Å². The predicted octanol–water partition coefficient (Wildman–Crippen LogP) is 7.61. The maximum absolute atomic E-state index is 12.5. The highest BCUT2D eigenvalue weighted by Gasteiger charge is 2.62. The van der Waals surface area contributed by atoms with Gasteiger partial charge in [0, 0.05) is 25.8 Å². The highest BCUT2D eigenvalue weighted by atomic mass is 16.3. The third-order valence-corrected chi connectivity index (χ3v) is 12.9. The number of hydrogen-bond acceptors (Lipinski definition) is 3. The van der Waals surface area contributed by atoms with Crippen LogP contribution in [0.5, 0.6) is 0 Å². The minimum Gasteiger partial charge on any atom is -0.393 e. The van der Waals surface area contributed by atoms with Crippen LogP contribution in [0.2, 0.25) is 0 Å². The van der Waals surface area contributed by atoms with Gasteiger partial charge in [-0.25, -0.2) is 0 Å². The lowest BCUT2D eigenvalue weighted by Crippen LogP contribution is -2.57. The Kier molecular flexibility index (Phi) is 9.27. The van der Waals surface area contributed by atoms with Crippen LogP contribution in [-0.2, 0) is 9.59 Å². The number of hydrogen-bond donors (Lipinski definition) is 2. The number of carbonyl (C=O) groups is 2. The van der Waals surface area contributed by atoms with Gasteiger partial charge in [0.15, 0.2) is 0 Å². The van der Waals surface area contributed by atoms with E-state index >= 15 is 0 Å². The zero-order chi connectivity index (χ0) is 26.8. The molecule has 5 aliphatic rings. The molecule has 0 aliphatic heterocycles. The van der Waals surface area contributed by atoms with E-state index in [9.17, 15) is 14.7 Å². The second-order valence-electron chi connectivity index (χ2n) is 15.0. The molecule has 4 nitrogen and oxygen atoms in total. The first-order valence-corrected chi connectivity index (χ1v) is 16.8. The molecule has 1 amide bonds. The van der Waals surface area contributed by atoms with Gasteiger partial charge in [0.05, 0.1) is 6.10 Å². The second-order valence-corrected chi connectivity index (χ2v) is 15.0. The minimum atomic E-state index is -0.118. The van der Waals surface area contributed by atoms with E-state index in [2.05, 4.69) is 19.2 Å². The van der Waals surface area contributed by atoms with Crippen molar-refractivity contribution in [2.45, 2.75) is 148 Å². The van der Waals surface area contributed by atoms with Gasteiger partial charge in [-0.2, -0.15) is 0 Å². The largest absolute Gasteiger partial charge is 0.393 e. The van der Waals surface area contributed by atoms with E-state index in [4.69, 9.17) is 0 Å². The highest BCUT2D eigenvalue weighted by Crippen LogP contribution is 2.67. The lowest BCUT2D eigenvalue weighted by molar-refractivity contribution is -0.156. The van der Waals surface area contributed by atoms with Gasteiger partial charge in [-0.3, -0.25) is 9.59 Å². The first kappa shape index (κ1) is 28.6. The fourth-order valence-electron chi connectivity index (χ4n) is 10.5. The molecule has 0 heterocycles. The molecule has 0 aromatic heterocycles. The van der Waals surface area contributed by atoms with Gasteiger partial charge in [-0.05, 0) is 104 Å². The monoisotopic (exact) mass is 527 g/mol. The molecule has 38 heavy (non-hydrogen) atoms. The molecule has 0 radical (unpaired) electrons. The number of Topliss-reactive ketones (excluding diaryl/α,β-unsaturated/α-hetero) is 1. The zero-order valence-corrected chi connectivity index (χ0v) is 24.7. The maximum atomic E-state index is 12.5. The van der Waals surface area contributed by atoms with E-state index in [0.717, 1.165) is 62.8 Å². The number of rotatable bonds is 10. The maximum Gasteiger partial charge on any atom is 0.220 e. The Balaban J connectivity index is 1.08. The molecule has 5 aliphatic carbocycles. The topological polar surface area (TPSA) is 66.4 Å². The number of nitrogens with one attached hydrogen (secondary N) is 1. The molecule has 0 aromatic rings. The van der Waals surface area contributed by atoms with Crippen LogP contribution in [0.25, 0.3) is 0 Å². The number of carbonyl (C=O) groups excluding carboxylic acids is 2. The van der Waals surface area contributed by atoms with Crippen LogP contribution in [0.15, 0.2) is 0 Å². The lowest BCUT2D eigenvalue weighted by Gasteiger charge is -2.62. The van der Waals surface area contributed by atoms with E-state index in [0.29, 0.717) is 35.4 Å². The Labute approximate surface area is 232 Å². The molecular weight excluding hydrogens is 470 g/mol. The third-order valence-electron chi connectivity index (χ3n) is 12.9. The third kappa shape index (κ3) is 5.91. The number of aliphatic hydroxyl groups excluding tert-OH is 1. The Morgan fingerprint density at radius 3 is 2.45 bits per heavy atom. The van der Waals surface area contributed by atoms with Crippen molar-refractivity contribution in [1.82, 2.24) is 5.32 Å². The van der Waals surface area contributed by atoms with E-state index in [-0.39, 0.29) is 17.4 Å². The number of aliphatic hydroxyl groups is 1. The van der Waals surface area contributed by atoms with Crippen LogP contribution in [0.3, 0.4) is 0 Å². The molecule has 0 saturated heterocycles. The van der Waals surface area contributed by atoms with Gasteiger partial charge in [0.25, 0.3) is 0 Å². The van der Waals surface area contributed by atoms with E-state index in [1.54, 1.807) is 0 Å². The molecular formula is C34H57NO3. The van der Waals surface area contributed by atoms with Crippen molar-refractivity contribution in [2.24, 2.45) is 46.3 Å². The molecule has 0 spiro atoms. The predicted molar refractivity (Wildman–Crippen MR) is 154 cm³/mol. The van der Waals surface area contributed by atoms with Gasteiger partial charge in [0.1, 0.15) is 5.78 Å². The molecule has 0 aromatic carbocycles. The van der Waals surface area contributed by atoms with Crippen LogP contribution in [0.4, 0.5) is 0 Å². The van der Waals surface area contributed by atoms with Crippen LogP contribution in [0.1, 0.15) is 142 Å². The van der Waals surface area contributed by atoms with Crippen molar-refractivity contribution in [3.63, 3.8) is 0 Å². The quantitative estimate of drug-likeness (QED) is 0.287. The van der Waals surface area contributed by atoms with E-state index in [1.807, 2.05) is 0 Å². The zero-order valence-electron chi connectivity index (χ0n) is 24.7. The highest BCUT2D eigenvalue weighted by molar-refractivity contribution is 5.79. The first-order valence-electron chi connectivity index (χ1n) is 16.8. The molecule has 0 bridgehead atoms. The summed E-state index contributed by atoms with van der Waals surface area (Å²) in [7, 11) is 0. The number of amides is 1. The van der Waals surface area contributed by atoms with E-state index < -0.39 is 0 Å². The van der Waals surface area contributed by atoms with Crippen LogP contribution < -0.4 is 5.32 Å². The van der Waals surface area contributed by atoms with Crippen LogP contribution >= 0.6 is 0 Å². The fourth-order valence-corrected chi connectivity index (χ4v) is 10.5. The van der Waals surface area contributed by atoms with Crippen molar-refractivity contribution < 1.29 is 14.7 Å². The summed E-state index contributed by atoms with van der Waals surface area (Å²) >= 11 is 0. The normalized spacial score (nSPS) is 41.3. The number of fused-ring (bicyclic) bond motifs is 5. The summed E-state index contributed by atoms with van der Waals surface area (Å²) in [4.78, 5) is 24.7. The molecule has 5 rings (SSSR count). The molecule has 0 unspecified atom stereocenters. The smallest absolute Gasteiger partial charge is 0.220 e. The summed E-state index contributed by atoms with van der Waals surface area (Å²) in [5.74, 6) is 4.94. The summed E-state index contributed by atoms with van der Waals surface area (Å²) in [6.07, 6.45) is 23.1. The lowest BCUT2D eigenvalue weighted by atomic mass is 9.42. The fraction of sp³-hybridized carbons (Fsp3) is 0.941. The summed E-state index contributed by atoms with van der Waals surface area (Å²) in [5, 5.41) is 14.2. The first-order chi connectivity index (χ1) is 18.3. The standard InChI is InChI=1S/C34H57NO3/c1-33-19-17-27(36)22-26(33)21-25(32-28-15-16-30(37)34(28,2)20-18-29(32)33)13-9-4-3-5-10-14-31(38)35-23-24-11-7-6-8-12-24/h24-26,28-30,32,37H,3-23H2,1-2H3,(H,35,38)/t25-,26+,28+,29+,30+,32+,33+,34+/m1/s1. The number of unbranched alkanes of at least 4 members (excludes halogenated alkanes) is 4. The molecule has 4 heteroatoms. The minimum absolute atomic E-state index is 0.116. The second kappa shape index (κ2) is 12.3. The van der Waals surface area contributed by atoms with Crippen molar-refractivity contribution in [1.29, 1.82) is 0 Å².